The van der Waals surface area contributed by atoms with Crippen LogP contribution in [0.5, 0.6) is 5.75 Å². The Balaban J connectivity index is 1.63. The number of benzene rings is 1. The predicted molar refractivity (Wildman–Crippen MR) is 127 cm³/mol. The van der Waals surface area contributed by atoms with Crippen molar-refractivity contribution in [1.82, 2.24) is 24.9 Å². The molecule has 4 rings (SSSR count). The van der Waals surface area contributed by atoms with E-state index in [2.05, 4.69) is 35.9 Å². The summed E-state index contributed by atoms with van der Waals surface area (Å²) in [6.45, 7) is 6.58. The third-order valence-corrected chi connectivity index (χ3v) is 5.61. The molecule has 0 bridgehead atoms. The van der Waals surface area contributed by atoms with Crippen LogP contribution in [0.3, 0.4) is 0 Å². The number of aromatic nitrogens is 3. The molecule has 1 aliphatic heterocycles. The fraction of sp³-hybridized carbons (Fsp3) is 0.409. The van der Waals surface area contributed by atoms with E-state index in [4.69, 9.17) is 11.3 Å². The molecule has 1 saturated heterocycles. The molecule has 1 aromatic carbocycles. The Morgan fingerprint density at radius 1 is 1.30 bits per heavy atom. The van der Waals surface area contributed by atoms with Crippen LogP contribution < -0.4 is 16.5 Å². The molecular formula is C22H30N10O. The van der Waals surface area contributed by atoms with Gasteiger partial charge in [-0.3, -0.25) is 4.90 Å². The number of hydrazone groups is 1. The maximum atomic E-state index is 10.5. The second-order valence-corrected chi connectivity index (χ2v) is 8.54. The molecule has 174 valence electrons. The molecule has 0 amide bonds. The first kappa shape index (κ1) is 22.6. The molecule has 33 heavy (non-hydrogen) atoms. The monoisotopic (exact) mass is 450 g/mol. The van der Waals surface area contributed by atoms with Crippen LogP contribution in [0.2, 0.25) is 0 Å². The summed E-state index contributed by atoms with van der Waals surface area (Å²) in [5, 5.41) is 25.7. The van der Waals surface area contributed by atoms with E-state index in [9.17, 15) is 5.11 Å². The maximum absolute atomic E-state index is 10.5. The fourth-order valence-electron chi connectivity index (χ4n) is 3.84. The van der Waals surface area contributed by atoms with Crippen LogP contribution in [0.1, 0.15) is 37.8 Å². The Hall–Kier alpha value is -3.57. The van der Waals surface area contributed by atoms with Crippen LogP contribution in [-0.2, 0) is 6.54 Å². The van der Waals surface area contributed by atoms with Gasteiger partial charge in [0, 0.05) is 30.4 Å². The second-order valence-electron chi connectivity index (χ2n) is 8.54. The third kappa shape index (κ3) is 5.26. The van der Waals surface area contributed by atoms with Gasteiger partial charge in [-0.25, -0.2) is 15.0 Å². The highest BCUT2D eigenvalue weighted by Gasteiger charge is 2.19. The number of fused-ring (bicyclic) bond motifs is 1. The molecule has 0 radical (unpaired) electrons. The number of hydrogen-bond donors (Lipinski definition) is 5. The van der Waals surface area contributed by atoms with Crippen molar-refractivity contribution in [3.8, 4) is 5.75 Å². The van der Waals surface area contributed by atoms with Crippen LogP contribution in [-0.4, -0.2) is 55.6 Å². The van der Waals surface area contributed by atoms with Crippen molar-refractivity contribution in [2.45, 2.75) is 45.3 Å². The van der Waals surface area contributed by atoms with Gasteiger partial charge in [0.1, 0.15) is 17.6 Å². The number of aromatic hydroxyl groups is 1. The molecule has 0 atom stereocenters. The van der Waals surface area contributed by atoms with Gasteiger partial charge in [-0.15, -0.1) is 5.11 Å². The van der Waals surface area contributed by atoms with E-state index in [0.29, 0.717) is 17.1 Å². The normalized spacial score (nSPS) is 15.8. The lowest BCUT2D eigenvalue weighted by molar-refractivity contribution is 0.206. The van der Waals surface area contributed by atoms with E-state index in [-0.39, 0.29) is 23.7 Å². The summed E-state index contributed by atoms with van der Waals surface area (Å²) in [5.74, 6) is 0.841. The van der Waals surface area contributed by atoms with E-state index in [1.165, 1.54) is 6.33 Å². The summed E-state index contributed by atoms with van der Waals surface area (Å²) in [4.78, 5) is 6.82. The number of piperidine rings is 1. The van der Waals surface area contributed by atoms with Crippen molar-refractivity contribution in [1.29, 1.82) is 5.53 Å². The SMILES string of the molecule is CC(C)N/N=C(\N=N)c1ccc(O)c(Nc2ncnn3ccc(CN4CCC(N)CC4)c23)c1. The highest BCUT2D eigenvalue weighted by atomic mass is 16.3. The van der Waals surface area contributed by atoms with Gasteiger partial charge in [0.15, 0.2) is 11.7 Å². The highest BCUT2D eigenvalue weighted by molar-refractivity contribution is 6.00. The number of phenolic OH excluding ortho intramolecular Hbond substituents is 1. The molecule has 1 aliphatic rings. The zero-order valence-corrected chi connectivity index (χ0v) is 18.9. The summed E-state index contributed by atoms with van der Waals surface area (Å²) in [7, 11) is 0. The van der Waals surface area contributed by atoms with Gasteiger partial charge >= 0.3 is 0 Å². The van der Waals surface area contributed by atoms with Crippen LogP contribution in [0.4, 0.5) is 11.5 Å². The number of rotatable bonds is 7. The smallest absolute Gasteiger partial charge is 0.200 e. The summed E-state index contributed by atoms with van der Waals surface area (Å²) < 4.78 is 1.78. The van der Waals surface area contributed by atoms with Gasteiger partial charge in [-0.2, -0.15) is 10.2 Å². The minimum Gasteiger partial charge on any atom is -0.506 e. The van der Waals surface area contributed by atoms with E-state index in [0.717, 1.165) is 43.6 Å². The molecule has 11 heteroatoms. The molecule has 2 aromatic heterocycles. The zero-order chi connectivity index (χ0) is 23.4. The van der Waals surface area contributed by atoms with Crippen LogP contribution in [0.25, 0.3) is 5.52 Å². The Morgan fingerprint density at radius 3 is 2.82 bits per heavy atom. The molecule has 11 nitrogen and oxygen atoms in total. The lowest BCUT2D eigenvalue weighted by Crippen LogP contribution is -2.39. The number of amidine groups is 1. The first-order valence-electron chi connectivity index (χ1n) is 11.0. The lowest BCUT2D eigenvalue weighted by atomic mass is 10.1. The second kappa shape index (κ2) is 9.92. The number of nitrogens with zero attached hydrogens (tertiary/aromatic N) is 6. The first-order chi connectivity index (χ1) is 15.9. The first-order valence-corrected chi connectivity index (χ1v) is 11.0. The van der Waals surface area contributed by atoms with E-state index in [1.54, 1.807) is 22.7 Å². The van der Waals surface area contributed by atoms with Crippen molar-refractivity contribution in [3.05, 3.63) is 47.9 Å². The molecule has 1 fully saturated rings. The lowest BCUT2D eigenvalue weighted by Gasteiger charge is -2.29. The third-order valence-electron chi connectivity index (χ3n) is 5.61. The minimum absolute atomic E-state index is 0.0507. The maximum Gasteiger partial charge on any atom is 0.200 e. The molecule has 0 saturated carbocycles. The number of anilines is 2. The van der Waals surface area contributed by atoms with Gasteiger partial charge in [-0.05, 0) is 69.6 Å². The van der Waals surface area contributed by atoms with E-state index in [1.807, 2.05) is 26.1 Å². The fourth-order valence-corrected chi connectivity index (χ4v) is 3.84. The number of phenols is 1. The van der Waals surface area contributed by atoms with Crippen LogP contribution in [0.15, 0.2) is 47.0 Å². The largest absolute Gasteiger partial charge is 0.506 e. The average molecular weight is 451 g/mol. The number of hydrogen-bond acceptors (Lipinski definition) is 9. The molecule has 0 spiro atoms. The Morgan fingerprint density at radius 2 is 2.09 bits per heavy atom. The van der Waals surface area contributed by atoms with Crippen molar-refractivity contribution >= 4 is 22.9 Å². The minimum atomic E-state index is 0.0507. The van der Waals surface area contributed by atoms with Crippen LogP contribution >= 0.6 is 0 Å². The Kier molecular flexibility index (Phi) is 6.80. The van der Waals surface area contributed by atoms with Gasteiger partial charge in [0.05, 0.1) is 5.69 Å². The average Bonchev–Trinajstić information content (AvgIpc) is 3.21. The zero-order valence-electron chi connectivity index (χ0n) is 18.9. The Labute approximate surface area is 192 Å². The molecule has 0 unspecified atom stereocenters. The molecule has 6 N–H and O–H groups in total. The molecule has 3 aromatic rings. The molecule has 3 heterocycles. The van der Waals surface area contributed by atoms with Crippen molar-refractivity contribution in [3.63, 3.8) is 0 Å². The summed E-state index contributed by atoms with van der Waals surface area (Å²) in [6.07, 6.45) is 5.36. The summed E-state index contributed by atoms with van der Waals surface area (Å²) >= 11 is 0. The molecule has 0 aliphatic carbocycles. The quantitative estimate of drug-likeness (QED) is 0.122. The predicted octanol–water partition coefficient (Wildman–Crippen LogP) is 2.79. The van der Waals surface area contributed by atoms with E-state index >= 15 is 0 Å². The van der Waals surface area contributed by atoms with Gasteiger partial charge < -0.3 is 21.6 Å². The van der Waals surface area contributed by atoms with Crippen molar-refractivity contribution < 1.29 is 5.11 Å². The van der Waals surface area contributed by atoms with Gasteiger partial charge in [0.2, 0.25) is 0 Å². The van der Waals surface area contributed by atoms with Crippen molar-refractivity contribution in [2.75, 3.05) is 18.4 Å². The molecular weight excluding hydrogens is 420 g/mol. The Bertz CT molecular complexity index is 1150. The summed E-state index contributed by atoms with van der Waals surface area (Å²) in [5.41, 5.74) is 19.4. The topological polar surface area (TPSA) is 152 Å². The van der Waals surface area contributed by atoms with Crippen molar-refractivity contribution in [2.24, 2.45) is 15.9 Å². The summed E-state index contributed by atoms with van der Waals surface area (Å²) in [6, 6.07) is 7.33. The number of nitrogens with one attached hydrogen (secondary N) is 3. The highest BCUT2D eigenvalue weighted by Crippen LogP contribution is 2.30. The van der Waals surface area contributed by atoms with Gasteiger partial charge in [0.25, 0.3) is 0 Å². The van der Waals surface area contributed by atoms with Crippen LogP contribution in [0, 0.1) is 5.53 Å². The number of nitrogens with two attached hydrogens (primary N) is 1. The standard InChI is InChI=1S/C22H30N10O/c1-14(2)29-30-21(28-24)15-3-4-19(33)18(11-15)27-22-20-16(5-10-32(20)26-13-25-22)12-31-8-6-17(23)7-9-31/h3-5,10-11,13-14,17,24,29,33H,6-9,12,23H2,1-2H3,(H,25,26,27)/b28-24?,30-21-. The number of likely N-dealkylation sites (tertiary alicyclic amines) is 1. The van der Waals surface area contributed by atoms with Gasteiger partial charge in [-0.1, -0.05) is 0 Å². The van der Waals surface area contributed by atoms with E-state index < -0.39 is 0 Å².